The maximum atomic E-state index is 12.5. The highest BCUT2D eigenvalue weighted by Gasteiger charge is 2.22. The van der Waals surface area contributed by atoms with Gasteiger partial charge in [0.2, 0.25) is 5.76 Å². The molecule has 1 aliphatic rings. The Morgan fingerprint density at radius 2 is 2.00 bits per heavy atom. The zero-order valence-electron chi connectivity index (χ0n) is 15.0. The number of rotatable bonds is 6. The van der Waals surface area contributed by atoms with E-state index in [0.29, 0.717) is 0 Å². The molecule has 0 amide bonds. The van der Waals surface area contributed by atoms with Crippen LogP contribution in [0.3, 0.4) is 0 Å². The van der Waals surface area contributed by atoms with E-state index in [1.54, 1.807) is 13.0 Å². The fourth-order valence-electron chi connectivity index (χ4n) is 3.17. The molecular weight excluding hydrogens is 372 g/mol. The van der Waals surface area contributed by atoms with Crippen molar-refractivity contribution in [2.45, 2.75) is 45.1 Å². The highest BCUT2D eigenvalue weighted by molar-refractivity contribution is 7.90. The number of hydrogen-bond donors (Lipinski definition) is 2. The average Bonchev–Trinajstić information content (AvgIpc) is 2.62. The lowest BCUT2D eigenvalue weighted by molar-refractivity contribution is 0.0490. The van der Waals surface area contributed by atoms with Gasteiger partial charge in [-0.3, -0.25) is 9.52 Å². The van der Waals surface area contributed by atoms with Crippen molar-refractivity contribution in [2.24, 2.45) is 0 Å². The van der Waals surface area contributed by atoms with Crippen LogP contribution in [0.5, 0.6) is 0 Å². The third kappa shape index (κ3) is 4.67. The minimum atomic E-state index is -3.86. The molecule has 0 bridgehead atoms. The minimum Gasteiger partial charge on any atom is -0.460 e. The maximum absolute atomic E-state index is 12.5. The topological polar surface area (TPSA) is 115 Å². The quantitative estimate of drug-likeness (QED) is 0.728. The summed E-state index contributed by atoms with van der Waals surface area (Å²) in [6.45, 7) is 1.76. The summed E-state index contributed by atoms with van der Waals surface area (Å²) in [5, 5.41) is 0.168. The molecule has 2 N–H and O–H groups in total. The molecule has 146 valence electrons. The second kappa shape index (κ2) is 8.10. The van der Waals surface area contributed by atoms with Crippen LogP contribution >= 0.6 is 0 Å². The van der Waals surface area contributed by atoms with Gasteiger partial charge in [-0.2, -0.15) is 13.1 Å². The number of hydrogen-bond acceptors (Lipinski definition) is 6. The highest BCUT2D eigenvalue weighted by atomic mass is 32.2. The summed E-state index contributed by atoms with van der Waals surface area (Å²) in [6, 6.07) is 5.44. The third-order valence-corrected chi connectivity index (χ3v) is 5.53. The molecule has 27 heavy (non-hydrogen) atoms. The monoisotopic (exact) mass is 394 g/mol. The van der Waals surface area contributed by atoms with Crippen molar-refractivity contribution >= 4 is 32.8 Å². The standard InChI is InChI=1S/C18H22N2O6S/c1-2-25-18(22)16-11-15(21)13-9-6-10-14(17(13)26-16)20-27(23,24)19-12-7-4-3-5-8-12/h6,9-12,19-20H,2-5,7-8H2,1H3. The van der Waals surface area contributed by atoms with Crippen LogP contribution in [-0.4, -0.2) is 27.0 Å². The van der Waals surface area contributed by atoms with E-state index in [0.717, 1.165) is 38.2 Å². The second-order valence-electron chi connectivity index (χ2n) is 6.44. The smallest absolute Gasteiger partial charge is 0.374 e. The van der Waals surface area contributed by atoms with Crippen LogP contribution in [0, 0.1) is 0 Å². The normalized spacial score (nSPS) is 15.6. The number of ether oxygens (including phenoxy) is 1. The van der Waals surface area contributed by atoms with Gasteiger partial charge in [0, 0.05) is 12.1 Å². The summed E-state index contributed by atoms with van der Waals surface area (Å²) >= 11 is 0. The molecule has 1 saturated carbocycles. The average molecular weight is 394 g/mol. The number of nitrogens with one attached hydrogen (secondary N) is 2. The van der Waals surface area contributed by atoms with E-state index in [1.807, 2.05) is 0 Å². The Bertz CT molecular complexity index is 993. The van der Waals surface area contributed by atoms with Crippen molar-refractivity contribution in [1.82, 2.24) is 4.72 Å². The highest BCUT2D eigenvalue weighted by Crippen LogP contribution is 2.24. The van der Waals surface area contributed by atoms with Crippen LogP contribution < -0.4 is 14.9 Å². The van der Waals surface area contributed by atoms with Crippen molar-refractivity contribution in [3.05, 3.63) is 40.2 Å². The molecule has 0 unspecified atom stereocenters. The van der Waals surface area contributed by atoms with Gasteiger partial charge in [0.05, 0.1) is 17.7 Å². The van der Waals surface area contributed by atoms with Crippen molar-refractivity contribution in [1.29, 1.82) is 0 Å². The number of anilines is 1. The lowest BCUT2D eigenvalue weighted by Crippen LogP contribution is -2.39. The molecular formula is C18H22N2O6S. The van der Waals surface area contributed by atoms with Gasteiger partial charge in [0.15, 0.2) is 11.0 Å². The summed E-state index contributed by atoms with van der Waals surface area (Å²) in [6.07, 6.45) is 4.66. The van der Waals surface area contributed by atoms with Crippen molar-refractivity contribution in [3.8, 4) is 0 Å². The zero-order valence-corrected chi connectivity index (χ0v) is 15.8. The summed E-state index contributed by atoms with van der Waals surface area (Å²) in [5.41, 5.74) is -0.387. The Balaban J connectivity index is 1.93. The Labute approximate surface area is 157 Å². The molecule has 0 aliphatic heterocycles. The van der Waals surface area contributed by atoms with E-state index in [-0.39, 0.29) is 35.1 Å². The van der Waals surface area contributed by atoms with E-state index in [4.69, 9.17) is 9.15 Å². The molecule has 0 spiro atoms. The summed E-state index contributed by atoms with van der Waals surface area (Å²) in [7, 11) is -3.86. The zero-order chi connectivity index (χ0) is 19.4. The first-order valence-corrected chi connectivity index (χ1v) is 10.4. The van der Waals surface area contributed by atoms with Crippen LogP contribution in [0.1, 0.15) is 49.6 Å². The van der Waals surface area contributed by atoms with Crippen LogP contribution in [0.15, 0.2) is 33.5 Å². The molecule has 9 heteroatoms. The SMILES string of the molecule is CCOC(=O)c1cc(=O)c2cccc(NS(=O)(=O)NC3CCCCC3)c2o1. The molecule has 1 aliphatic carbocycles. The van der Waals surface area contributed by atoms with Crippen LogP contribution in [0.4, 0.5) is 5.69 Å². The number of esters is 1. The lowest BCUT2D eigenvalue weighted by atomic mass is 9.96. The van der Waals surface area contributed by atoms with E-state index in [2.05, 4.69) is 9.44 Å². The van der Waals surface area contributed by atoms with Crippen LogP contribution in [0.25, 0.3) is 11.0 Å². The molecule has 1 fully saturated rings. The fraction of sp³-hybridized carbons (Fsp3) is 0.444. The van der Waals surface area contributed by atoms with Gasteiger partial charge in [-0.05, 0) is 31.9 Å². The molecule has 1 aromatic carbocycles. The van der Waals surface area contributed by atoms with Crippen LogP contribution in [0.2, 0.25) is 0 Å². The summed E-state index contributed by atoms with van der Waals surface area (Å²) in [5.74, 6) is -1.06. The molecule has 3 rings (SSSR count). The minimum absolute atomic E-state index is 0.0120. The summed E-state index contributed by atoms with van der Waals surface area (Å²) < 4.78 is 40.4. The van der Waals surface area contributed by atoms with Crippen molar-refractivity contribution < 1.29 is 22.4 Å². The van der Waals surface area contributed by atoms with Gasteiger partial charge in [-0.1, -0.05) is 25.3 Å². The van der Waals surface area contributed by atoms with Gasteiger partial charge in [0.1, 0.15) is 0 Å². The summed E-state index contributed by atoms with van der Waals surface area (Å²) in [4.78, 5) is 24.2. The lowest BCUT2D eigenvalue weighted by Gasteiger charge is -2.23. The Morgan fingerprint density at radius 3 is 2.70 bits per heavy atom. The molecule has 1 aromatic heterocycles. The first-order chi connectivity index (χ1) is 12.9. The van der Waals surface area contributed by atoms with E-state index < -0.39 is 21.6 Å². The number of carbonyl (C=O) groups excluding carboxylic acids is 1. The molecule has 0 radical (unpaired) electrons. The Hall–Kier alpha value is -2.39. The number of para-hydroxylation sites is 1. The van der Waals surface area contributed by atoms with E-state index in [1.165, 1.54) is 12.1 Å². The van der Waals surface area contributed by atoms with Gasteiger partial charge in [-0.25, -0.2) is 4.79 Å². The Morgan fingerprint density at radius 1 is 1.26 bits per heavy atom. The molecule has 1 heterocycles. The molecule has 0 saturated heterocycles. The molecule has 0 atom stereocenters. The molecule has 8 nitrogen and oxygen atoms in total. The van der Waals surface area contributed by atoms with Gasteiger partial charge in [-0.15, -0.1) is 0 Å². The van der Waals surface area contributed by atoms with Gasteiger partial charge >= 0.3 is 5.97 Å². The second-order valence-corrected chi connectivity index (χ2v) is 7.88. The number of benzene rings is 1. The van der Waals surface area contributed by atoms with Gasteiger partial charge in [0.25, 0.3) is 10.2 Å². The first kappa shape index (κ1) is 19.4. The van der Waals surface area contributed by atoms with Crippen molar-refractivity contribution in [2.75, 3.05) is 11.3 Å². The number of fused-ring (bicyclic) bond motifs is 1. The molecule has 2 aromatic rings. The number of carbonyl (C=O) groups is 1. The predicted octanol–water partition coefficient (Wildman–Crippen LogP) is 2.55. The first-order valence-electron chi connectivity index (χ1n) is 8.93. The third-order valence-electron chi connectivity index (χ3n) is 4.40. The maximum Gasteiger partial charge on any atom is 0.374 e. The van der Waals surface area contributed by atoms with Gasteiger partial charge < -0.3 is 9.15 Å². The Kier molecular flexibility index (Phi) is 5.81. The predicted molar refractivity (Wildman–Crippen MR) is 101 cm³/mol. The largest absolute Gasteiger partial charge is 0.460 e. The van der Waals surface area contributed by atoms with Crippen LogP contribution in [-0.2, 0) is 14.9 Å². The van der Waals surface area contributed by atoms with E-state index in [9.17, 15) is 18.0 Å². The van der Waals surface area contributed by atoms with Crippen molar-refractivity contribution in [3.63, 3.8) is 0 Å². The fourth-order valence-corrected chi connectivity index (χ4v) is 4.36. The van der Waals surface area contributed by atoms with E-state index >= 15 is 0 Å².